The molecule has 6 heteroatoms. The Balaban J connectivity index is 1.47. The molecule has 2 aromatic rings. The third kappa shape index (κ3) is 6.73. The van der Waals surface area contributed by atoms with E-state index in [2.05, 4.69) is 10.6 Å². The first-order valence-electron chi connectivity index (χ1n) is 12.3. The Morgan fingerprint density at radius 1 is 0.939 bits per heavy atom. The molecule has 0 radical (unpaired) electrons. The molecular formula is C27H35N3O3. The molecule has 2 aromatic carbocycles. The second-order valence-corrected chi connectivity index (χ2v) is 9.14. The van der Waals surface area contributed by atoms with E-state index in [0.717, 1.165) is 55.4 Å². The molecule has 1 unspecified atom stereocenters. The molecule has 4 rings (SSSR count). The van der Waals surface area contributed by atoms with Gasteiger partial charge in [-0.2, -0.15) is 0 Å². The van der Waals surface area contributed by atoms with E-state index < -0.39 is 6.04 Å². The van der Waals surface area contributed by atoms with Gasteiger partial charge in [-0.25, -0.2) is 4.79 Å². The lowest BCUT2D eigenvalue weighted by Gasteiger charge is -2.33. The van der Waals surface area contributed by atoms with Gasteiger partial charge in [0, 0.05) is 19.1 Å². The molecule has 0 bridgehead atoms. The Morgan fingerprint density at radius 2 is 1.70 bits per heavy atom. The fourth-order valence-electron chi connectivity index (χ4n) is 4.72. The Labute approximate surface area is 196 Å². The Hall–Kier alpha value is -3.02. The van der Waals surface area contributed by atoms with Gasteiger partial charge < -0.3 is 20.3 Å². The van der Waals surface area contributed by atoms with Gasteiger partial charge in [-0.05, 0) is 55.4 Å². The van der Waals surface area contributed by atoms with Crippen molar-refractivity contribution in [1.29, 1.82) is 0 Å². The lowest BCUT2D eigenvalue weighted by atomic mass is 9.95. The van der Waals surface area contributed by atoms with Gasteiger partial charge in [0.25, 0.3) is 0 Å². The van der Waals surface area contributed by atoms with Gasteiger partial charge in [-0.15, -0.1) is 0 Å². The van der Waals surface area contributed by atoms with Crippen LogP contribution in [-0.4, -0.2) is 35.5 Å². The first kappa shape index (κ1) is 23.1. The maximum atomic E-state index is 13.4. The average Bonchev–Trinajstić information content (AvgIpc) is 3.07. The molecule has 2 aliphatic rings. The van der Waals surface area contributed by atoms with Crippen LogP contribution in [0.5, 0.6) is 5.75 Å². The zero-order valence-electron chi connectivity index (χ0n) is 19.3. The highest BCUT2D eigenvalue weighted by atomic mass is 16.5. The van der Waals surface area contributed by atoms with E-state index in [-0.39, 0.29) is 18.0 Å². The van der Waals surface area contributed by atoms with E-state index in [1.165, 1.54) is 6.42 Å². The largest absolute Gasteiger partial charge is 0.489 e. The van der Waals surface area contributed by atoms with Gasteiger partial charge in [0.15, 0.2) is 0 Å². The van der Waals surface area contributed by atoms with Crippen molar-refractivity contribution in [3.8, 4) is 5.75 Å². The van der Waals surface area contributed by atoms with Gasteiger partial charge in [0.2, 0.25) is 5.91 Å². The molecule has 1 saturated carbocycles. The highest BCUT2D eigenvalue weighted by Crippen LogP contribution is 2.22. The fraction of sp³-hybridized carbons (Fsp3) is 0.481. The number of hydrogen-bond acceptors (Lipinski definition) is 3. The van der Waals surface area contributed by atoms with E-state index in [1.807, 2.05) is 54.6 Å². The maximum absolute atomic E-state index is 13.4. The molecule has 2 fully saturated rings. The molecule has 1 heterocycles. The minimum atomic E-state index is -0.454. The van der Waals surface area contributed by atoms with Gasteiger partial charge in [-0.1, -0.05) is 61.7 Å². The topological polar surface area (TPSA) is 70.7 Å². The predicted molar refractivity (Wildman–Crippen MR) is 129 cm³/mol. The standard InChI is InChI=1S/C27H35N3O3/c31-26-25(16-7-8-17-28-26)30(27(32)29-23-13-5-2-6-14-23)19-22-12-9-15-24(18-22)33-20-21-10-3-1-4-11-21/h1,3-4,9-12,15,18,23,25H,2,5-8,13-14,16-17,19-20H2,(H,28,31)(H,29,32). The molecule has 1 atom stereocenters. The van der Waals surface area contributed by atoms with Crippen LogP contribution in [0.3, 0.4) is 0 Å². The summed E-state index contributed by atoms with van der Waals surface area (Å²) >= 11 is 0. The summed E-state index contributed by atoms with van der Waals surface area (Å²) in [5.41, 5.74) is 2.06. The molecule has 1 aliphatic carbocycles. The second kappa shape index (κ2) is 11.7. The Kier molecular flexibility index (Phi) is 8.23. The first-order valence-corrected chi connectivity index (χ1v) is 12.3. The van der Waals surface area contributed by atoms with Crippen LogP contribution in [0, 0.1) is 0 Å². The number of nitrogens with zero attached hydrogens (tertiary/aromatic N) is 1. The number of carbonyl (C=O) groups excluding carboxylic acids is 2. The summed E-state index contributed by atoms with van der Waals surface area (Å²) in [6, 6.07) is 17.5. The number of hydrogen-bond donors (Lipinski definition) is 2. The smallest absolute Gasteiger partial charge is 0.318 e. The van der Waals surface area contributed by atoms with Gasteiger partial charge in [0.1, 0.15) is 18.4 Å². The van der Waals surface area contributed by atoms with Crippen molar-refractivity contribution in [2.45, 2.75) is 76.6 Å². The van der Waals surface area contributed by atoms with Gasteiger partial charge in [0.05, 0.1) is 0 Å². The molecule has 6 nitrogen and oxygen atoms in total. The van der Waals surface area contributed by atoms with E-state index in [1.54, 1.807) is 4.90 Å². The molecule has 1 saturated heterocycles. The molecule has 3 amide bonds. The fourth-order valence-corrected chi connectivity index (χ4v) is 4.72. The third-order valence-corrected chi connectivity index (χ3v) is 6.58. The summed E-state index contributed by atoms with van der Waals surface area (Å²) in [4.78, 5) is 27.9. The lowest BCUT2D eigenvalue weighted by molar-refractivity contribution is -0.125. The predicted octanol–water partition coefficient (Wildman–Crippen LogP) is 4.78. The number of nitrogens with one attached hydrogen (secondary N) is 2. The number of urea groups is 1. The van der Waals surface area contributed by atoms with Crippen molar-refractivity contribution in [1.82, 2.24) is 15.5 Å². The molecular weight excluding hydrogens is 414 g/mol. The van der Waals surface area contributed by atoms with E-state index in [4.69, 9.17) is 4.74 Å². The van der Waals surface area contributed by atoms with Crippen molar-refractivity contribution >= 4 is 11.9 Å². The Morgan fingerprint density at radius 3 is 2.52 bits per heavy atom. The second-order valence-electron chi connectivity index (χ2n) is 9.14. The third-order valence-electron chi connectivity index (χ3n) is 6.58. The van der Waals surface area contributed by atoms with Crippen LogP contribution in [0.4, 0.5) is 4.79 Å². The van der Waals surface area contributed by atoms with Crippen LogP contribution in [-0.2, 0) is 17.9 Å². The summed E-state index contributed by atoms with van der Waals surface area (Å²) in [5.74, 6) is 0.706. The molecule has 0 aromatic heterocycles. The lowest BCUT2D eigenvalue weighted by Crippen LogP contribution is -2.53. The summed E-state index contributed by atoms with van der Waals surface area (Å²) in [7, 11) is 0. The van der Waals surface area contributed by atoms with Gasteiger partial charge >= 0.3 is 6.03 Å². The number of carbonyl (C=O) groups is 2. The monoisotopic (exact) mass is 449 g/mol. The van der Waals surface area contributed by atoms with Crippen molar-refractivity contribution in [3.05, 3.63) is 65.7 Å². The van der Waals surface area contributed by atoms with E-state index >= 15 is 0 Å². The quantitative estimate of drug-likeness (QED) is 0.639. The molecule has 1 aliphatic heterocycles. The minimum Gasteiger partial charge on any atom is -0.489 e. The molecule has 2 N–H and O–H groups in total. The van der Waals surface area contributed by atoms with E-state index in [0.29, 0.717) is 26.1 Å². The van der Waals surface area contributed by atoms with Crippen LogP contribution in [0.25, 0.3) is 0 Å². The number of benzene rings is 2. The first-order chi connectivity index (χ1) is 16.2. The zero-order chi connectivity index (χ0) is 22.9. The summed E-state index contributed by atoms with van der Waals surface area (Å²) in [6.07, 6.45) is 8.12. The minimum absolute atomic E-state index is 0.0530. The van der Waals surface area contributed by atoms with Crippen LogP contribution >= 0.6 is 0 Å². The molecule has 33 heavy (non-hydrogen) atoms. The SMILES string of the molecule is O=C1NCCCCC1N(Cc1cccc(OCc2ccccc2)c1)C(=O)NC1CCCCC1. The van der Waals surface area contributed by atoms with Crippen LogP contribution in [0.15, 0.2) is 54.6 Å². The highest BCUT2D eigenvalue weighted by molar-refractivity contribution is 5.87. The Bertz CT molecular complexity index is 912. The van der Waals surface area contributed by atoms with Crippen molar-refractivity contribution in [3.63, 3.8) is 0 Å². The summed E-state index contributed by atoms with van der Waals surface area (Å²) in [6.45, 7) is 1.54. The number of rotatable bonds is 7. The van der Waals surface area contributed by atoms with Crippen molar-refractivity contribution < 1.29 is 14.3 Å². The zero-order valence-corrected chi connectivity index (χ0v) is 19.3. The molecule has 176 valence electrons. The van der Waals surface area contributed by atoms with Gasteiger partial charge in [-0.3, -0.25) is 4.79 Å². The van der Waals surface area contributed by atoms with Crippen LogP contribution in [0.1, 0.15) is 62.5 Å². The van der Waals surface area contributed by atoms with E-state index in [9.17, 15) is 9.59 Å². The van der Waals surface area contributed by atoms with Crippen LogP contribution in [0.2, 0.25) is 0 Å². The summed E-state index contributed by atoms with van der Waals surface area (Å²) in [5, 5.41) is 6.20. The summed E-state index contributed by atoms with van der Waals surface area (Å²) < 4.78 is 5.98. The average molecular weight is 450 g/mol. The van der Waals surface area contributed by atoms with Crippen molar-refractivity contribution in [2.24, 2.45) is 0 Å². The number of amides is 3. The molecule has 0 spiro atoms. The normalized spacial score (nSPS) is 19.3. The van der Waals surface area contributed by atoms with Crippen LogP contribution < -0.4 is 15.4 Å². The highest BCUT2D eigenvalue weighted by Gasteiger charge is 2.32. The number of ether oxygens (including phenoxy) is 1. The maximum Gasteiger partial charge on any atom is 0.318 e. The van der Waals surface area contributed by atoms with Crippen molar-refractivity contribution in [2.75, 3.05) is 6.54 Å².